The zero-order chi connectivity index (χ0) is 15.0. The van der Waals surface area contributed by atoms with E-state index in [1.807, 2.05) is 0 Å². The van der Waals surface area contributed by atoms with Gasteiger partial charge in [0, 0.05) is 6.07 Å². The number of aromatic nitrogens is 2. The van der Waals surface area contributed by atoms with Gasteiger partial charge < -0.3 is 0 Å². The molecule has 0 aliphatic carbocycles. The smallest absolute Gasteiger partial charge is 0.266 e. The first kappa shape index (κ1) is 15.0. The molecule has 0 unspecified atom stereocenters. The average molecular weight is 379 g/mol. The quantitative estimate of drug-likeness (QED) is 0.591. The molecule has 0 bridgehead atoms. The summed E-state index contributed by atoms with van der Waals surface area (Å²) in [7, 11) is 0. The molecule has 1 aromatic heterocycles. The number of hydrogen-bond acceptors (Lipinski definition) is 4. The highest BCUT2D eigenvalue weighted by molar-refractivity contribution is 9.10. The second-order valence-electron chi connectivity index (χ2n) is 3.87. The number of halogens is 3. The van der Waals surface area contributed by atoms with E-state index in [-0.39, 0.29) is 21.4 Å². The molecule has 0 N–H and O–H groups in total. The predicted molar refractivity (Wildman–Crippen MR) is 78.9 cm³/mol. The van der Waals surface area contributed by atoms with Gasteiger partial charge >= 0.3 is 0 Å². The summed E-state index contributed by atoms with van der Waals surface area (Å²) < 4.78 is 1.28. The topological polar surface area (TPSA) is 78.0 Å². The van der Waals surface area contributed by atoms with Crippen molar-refractivity contribution in [1.29, 1.82) is 0 Å². The second-order valence-corrected chi connectivity index (χ2v) is 5.48. The van der Waals surface area contributed by atoms with Crippen LogP contribution in [0.5, 0.6) is 0 Å². The van der Waals surface area contributed by atoms with Crippen molar-refractivity contribution in [2.45, 2.75) is 6.92 Å². The summed E-state index contributed by atoms with van der Waals surface area (Å²) >= 11 is 14.9. The van der Waals surface area contributed by atoms with Gasteiger partial charge in [-0.1, -0.05) is 23.2 Å². The van der Waals surface area contributed by atoms with Gasteiger partial charge in [-0.3, -0.25) is 14.9 Å². The summed E-state index contributed by atoms with van der Waals surface area (Å²) in [5.74, 6) is 0. The first-order valence-electron chi connectivity index (χ1n) is 5.21. The molecule has 0 saturated heterocycles. The van der Waals surface area contributed by atoms with Gasteiger partial charge in [0.25, 0.3) is 11.2 Å². The lowest BCUT2D eigenvalue weighted by atomic mass is 10.2. The Hall–Kier alpha value is -1.44. The third-order valence-corrected chi connectivity index (χ3v) is 4.10. The number of nitro benzene ring substituents is 1. The molecule has 104 valence electrons. The normalized spacial score (nSPS) is 10.6. The molecule has 20 heavy (non-hydrogen) atoms. The minimum atomic E-state index is -0.656. The van der Waals surface area contributed by atoms with E-state index < -0.39 is 10.5 Å². The maximum Gasteiger partial charge on any atom is 0.290 e. The molecule has 1 aromatic carbocycles. The Morgan fingerprint density at radius 2 is 2.00 bits per heavy atom. The highest BCUT2D eigenvalue weighted by atomic mass is 79.9. The van der Waals surface area contributed by atoms with E-state index >= 15 is 0 Å². The van der Waals surface area contributed by atoms with E-state index in [1.54, 1.807) is 6.92 Å². The fourth-order valence-corrected chi connectivity index (χ4v) is 2.32. The van der Waals surface area contributed by atoms with Crippen LogP contribution < -0.4 is 5.56 Å². The van der Waals surface area contributed by atoms with Crippen LogP contribution >= 0.6 is 39.1 Å². The Morgan fingerprint density at radius 3 is 2.60 bits per heavy atom. The number of aryl methyl sites for hydroxylation is 1. The van der Waals surface area contributed by atoms with Crippen molar-refractivity contribution in [3.63, 3.8) is 0 Å². The molecule has 0 amide bonds. The Balaban J connectivity index is 2.77. The lowest BCUT2D eigenvalue weighted by Gasteiger charge is -2.08. The molecular weight excluding hydrogens is 373 g/mol. The Bertz CT molecular complexity index is 776. The van der Waals surface area contributed by atoms with Crippen LogP contribution in [0.1, 0.15) is 5.56 Å². The Morgan fingerprint density at radius 1 is 1.35 bits per heavy atom. The van der Waals surface area contributed by atoms with Gasteiger partial charge in [0.2, 0.25) is 0 Å². The standard InChI is InChI=1S/C11H6BrCl2N3O3/c1-5-4-15-16(11(18)10(5)12)8-3-9(17(19)20)7(14)2-6(8)13/h2-4H,1H3. The molecule has 0 aliphatic heterocycles. The van der Waals surface area contributed by atoms with Crippen LogP contribution in [0.4, 0.5) is 5.69 Å². The maximum atomic E-state index is 12.1. The number of nitrogens with zero attached hydrogens (tertiary/aromatic N) is 3. The van der Waals surface area contributed by atoms with Crippen LogP contribution in [0.3, 0.4) is 0 Å². The van der Waals surface area contributed by atoms with Crippen molar-refractivity contribution in [1.82, 2.24) is 9.78 Å². The van der Waals surface area contributed by atoms with Crippen LogP contribution in [0.15, 0.2) is 27.6 Å². The van der Waals surface area contributed by atoms with Crippen LogP contribution in [0.2, 0.25) is 10.0 Å². The third kappa shape index (κ3) is 2.56. The van der Waals surface area contributed by atoms with Gasteiger partial charge in [-0.15, -0.1) is 0 Å². The van der Waals surface area contributed by atoms with Crippen LogP contribution in [-0.4, -0.2) is 14.7 Å². The molecule has 0 spiro atoms. The van der Waals surface area contributed by atoms with Gasteiger partial charge in [0.15, 0.2) is 0 Å². The van der Waals surface area contributed by atoms with Crippen molar-refractivity contribution in [2.24, 2.45) is 0 Å². The summed E-state index contributed by atoms with van der Waals surface area (Å²) in [6.07, 6.45) is 1.45. The monoisotopic (exact) mass is 377 g/mol. The van der Waals surface area contributed by atoms with E-state index in [9.17, 15) is 14.9 Å². The molecule has 0 saturated carbocycles. The minimum absolute atomic E-state index is 0.0888. The highest BCUT2D eigenvalue weighted by Gasteiger charge is 2.19. The van der Waals surface area contributed by atoms with Gasteiger partial charge in [-0.25, -0.2) is 0 Å². The lowest BCUT2D eigenvalue weighted by Crippen LogP contribution is -2.22. The zero-order valence-electron chi connectivity index (χ0n) is 9.93. The summed E-state index contributed by atoms with van der Waals surface area (Å²) in [4.78, 5) is 22.3. The van der Waals surface area contributed by atoms with E-state index in [0.717, 1.165) is 10.7 Å². The highest BCUT2D eigenvalue weighted by Crippen LogP contribution is 2.32. The van der Waals surface area contributed by atoms with Crippen molar-refractivity contribution < 1.29 is 4.92 Å². The van der Waals surface area contributed by atoms with Crippen molar-refractivity contribution in [2.75, 3.05) is 0 Å². The lowest BCUT2D eigenvalue weighted by molar-refractivity contribution is -0.384. The maximum absolute atomic E-state index is 12.1. The predicted octanol–water partition coefficient (Wildman–Crippen LogP) is 3.52. The SMILES string of the molecule is Cc1cnn(-c2cc([N+](=O)[O-])c(Cl)cc2Cl)c(=O)c1Br. The molecule has 0 aliphatic rings. The molecule has 6 nitrogen and oxygen atoms in total. The number of hydrogen-bond donors (Lipinski definition) is 0. The Kier molecular flexibility index (Phi) is 4.12. The zero-order valence-corrected chi connectivity index (χ0v) is 13.0. The summed E-state index contributed by atoms with van der Waals surface area (Å²) in [5.41, 5.74) is -0.0840. The van der Waals surface area contributed by atoms with Crippen LogP contribution in [0, 0.1) is 17.0 Å². The van der Waals surface area contributed by atoms with Crippen molar-refractivity contribution in [3.8, 4) is 5.69 Å². The first-order chi connectivity index (χ1) is 9.32. The molecule has 9 heteroatoms. The number of benzene rings is 1. The minimum Gasteiger partial charge on any atom is -0.266 e. The van der Waals surface area contributed by atoms with E-state index in [0.29, 0.717) is 10.0 Å². The molecule has 0 radical (unpaired) electrons. The van der Waals surface area contributed by atoms with E-state index in [4.69, 9.17) is 23.2 Å². The van der Waals surface area contributed by atoms with Gasteiger partial charge in [-0.05, 0) is 34.5 Å². The van der Waals surface area contributed by atoms with E-state index in [1.165, 1.54) is 12.3 Å². The molecule has 0 atom stereocenters. The first-order valence-corrected chi connectivity index (χ1v) is 6.76. The summed E-state index contributed by atoms with van der Waals surface area (Å²) in [6, 6.07) is 2.32. The molecular formula is C11H6BrCl2N3O3. The number of rotatable bonds is 2. The Labute approximate surface area is 131 Å². The second kappa shape index (κ2) is 5.51. The van der Waals surface area contributed by atoms with E-state index in [2.05, 4.69) is 21.0 Å². The van der Waals surface area contributed by atoms with Crippen molar-refractivity contribution >= 4 is 44.8 Å². The summed E-state index contributed by atoms with van der Waals surface area (Å²) in [6.45, 7) is 1.70. The van der Waals surface area contributed by atoms with Gasteiger partial charge in [0.1, 0.15) is 5.02 Å². The molecule has 1 heterocycles. The molecule has 2 rings (SSSR count). The number of nitro groups is 1. The molecule has 2 aromatic rings. The van der Waals surface area contributed by atoms with Gasteiger partial charge in [-0.2, -0.15) is 9.78 Å². The fraction of sp³-hybridized carbons (Fsp3) is 0.0909. The average Bonchev–Trinajstić information content (AvgIpc) is 2.37. The largest absolute Gasteiger partial charge is 0.290 e. The van der Waals surface area contributed by atoms with Crippen LogP contribution in [0.25, 0.3) is 5.69 Å². The van der Waals surface area contributed by atoms with Gasteiger partial charge in [0.05, 0.1) is 26.3 Å². The van der Waals surface area contributed by atoms with Crippen molar-refractivity contribution in [3.05, 3.63) is 58.9 Å². The third-order valence-electron chi connectivity index (χ3n) is 2.53. The molecule has 0 fully saturated rings. The fourth-order valence-electron chi connectivity index (χ4n) is 1.52. The summed E-state index contributed by atoms with van der Waals surface area (Å²) in [5, 5.41) is 14.8. The van der Waals surface area contributed by atoms with Crippen LogP contribution in [-0.2, 0) is 0 Å².